The van der Waals surface area contributed by atoms with Gasteiger partial charge in [0.05, 0.1) is 0 Å². The molecule has 0 amide bonds. The van der Waals surface area contributed by atoms with Crippen LogP contribution in [-0.2, 0) is 6.42 Å². The van der Waals surface area contributed by atoms with E-state index in [0.29, 0.717) is 0 Å². The molecule has 0 spiro atoms. The van der Waals surface area contributed by atoms with Crippen molar-refractivity contribution in [3.05, 3.63) is 58.5 Å². The number of furan rings is 1. The molecule has 0 bridgehead atoms. The highest BCUT2D eigenvalue weighted by Gasteiger charge is 2.15. The van der Waals surface area contributed by atoms with Gasteiger partial charge < -0.3 is 9.52 Å². The number of benzene rings is 1. The highest BCUT2D eigenvalue weighted by molar-refractivity contribution is 6.28. The topological polar surface area (TPSA) is 33.4 Å². The predicted molar refractivity (Wildman–Crippen MR) is 58.7 cm³/mol. The molecule has 0 aliphatic heterocycles. The average Bonchev–Trinajstić information content (AvgIpc) is 2.70. The van der Waals surface area contributed by atoms with Gasteiger partial charge in [-0.25, -0.2) is 8.78 Å². The summed E-state index contributed by atoms with van der Waals surface area (Å²) in [5.41, 5.74) is 0.0880. The Morgan fingerprint density at radius 2 is 2.00 bits per heavy atom. The minimum atomic E-state index is -1.06. The third-order valence-electron chi connectivity index (χ3n) is 2.34. The van der Waals surface area contributed by atoms with Gasteiger partial charge in [-0.1, -0.05) is 0 Å². The van der Waals surface area contributed by atoms with E-state index in [1.807, 2.05) is 0 Å². The van der Waals surface area contributed by atoms with Crippen LogP contribution in [0.1, 0.15) is 17.4 Å². The molecule has 1 N–H and O–H groups in total. The number of aliphatic hydroxyl groups is 1. The fourth-order valence-electron chi connectivity index (χ4n) is 1.52. The highest BCUT2D eigenvalue weighted by Crippen LogP contribution is 2.24. The van der Waals surface area contributed by atoms with Crippen molar-refractivity contribution in [3.63, 3.8) is 0 Å². The van der Waals surface area contributed by atoms with Gasteiger partial charge in [-0.3, -0.25) is 0 Å². The number of aliphatic hydroxyl groups excluding tert-OH is 1. The molecule has 1 heterocycles. The lowest BCUT2D eigenvalue weighted by molar-refractivity contribution is 0.149. The van der Waals surface area contributed by atoms with Crippen LogP contribution in [0.2, 0.25) is 5.22 Å². The molecule has 0 aliphatic carbocycles. The molecule has 1 aromatic heterocycles. The molecule has 1 atom stereocenters. The van der Waals surface area contributed by atoms with Gasteiger partial charge in [0.2, 0.25) is 0 Å². The highest BCUT2D eigenvalue weighted by atomic mass is 35.5. The Morgan fingerprint density at radius 3 is 2.65 bits per heavy atom. The maximum absolute atomic E-state index is 13.3. The third-order valence-corrected chi connectivity index (χ3v) is 2.55. The van der Waals surface area contributed by atoms with Crippen LogP contribution in [0.3, 0.4) is 0 Å². The van der Waals surface area contributed by atoms with Crippen molar-refractivity contribution in [1.29, 1.82) is 0 Å². The van der Waals surface area contributed by atoms with Gasteiger partial charge in [0.1, 0.15) is 23.5 Å². The monoisotopic (exact) mass is 258 g/mol. The van der Waals surface area contributed by atoms with Crippen molar-refractivity contribution in [1.82, 2.24) is 0 Å². The van der Waals surface area contributed by atoms with Gasteiger partial charge in [0, 0.05) is 6.42 Å². The van der Waals surface area contributed by atoms with E-state index in [2.05, 4.69) is 0 Å². The van der Waals surface area contributed by atoms with Crippen molar-refractivity contribution in [2.24, 2.45) is 0 Å². The Bertz CT molecular complexity index is 525. The van der Waals surface area contributed by atoms with E-state index in [1.54, 1.807) is 0 Å². The fraction of sp³-hybridized carbons (Fsp3) is 0.167. The molecule has 0 fully saturated rings. The molecule has 2 rings (SSSR count). The van der Waals surface area contributed by atoms with Crippen LogP contribution < -0.4 is 0 Å². The standard InChI is InChI=1S/C12H9ClF2O2/c13-12-4-3-11(17-12)10(16)6-7-5-8(14)1-2-9(7)15/h1-5,10,16H,6H2. The van der Waals surface area contributed by atoms with E-state index in [0.717, 1.165) is 18.2 Å². The van der Waals surface area contributed by atoms with Gasteiger partial charge >= 0.3 is 0 Å². The van der Waals surface area contributed by atoms with Crippen LogP contribution in [0, 0.1) is 11.6 Å². The second-order valence-electron chi connectivity index (χ2n) is 3.60. The van der Waals surface area contributed by atoms with E-state index in [9.17, 15) is 13.9 Å². The average molecular weight is 259 g/mol. The summed E-state index contributed by atoms with van der Waals surface area (Å²) in [6.07, 6.45) is -1.13. The SMILES string of the molecule is OC(Cc1cc(F)ccc1F)c1ccc(Cl)o1. The van der Waals surface area contributed by atoms with Crippen LogP contribution in [0.5, 0.6) is 0 Å². The molecule has 17 heavy (non-hydrogen) atoms. The third kappa shape index (κ3) is 2.84. The first kappa shape index (κ1) is 12.1. The van der Waals surface area contributed by atoms with Crippen molar-refractivity contribution >= 4 is 11.6 Å². The van der Waals surface area contributed by atoms with Gasteiger partial charge in [-0.05, 0) is 47.5 Å². The lowest BCUT2D eigenvalue weighted by Gasteiger charge is -2.08. The minimum Gasteiger partial charge on any atom is -0.447 e. The first-order chi connectivity index (χ1) is 8.06. The lowest BCUT2D eigenvalue weighted by Crippen LogP contribution is -2.03. The number of hydrogen-bond acceptors (Lipinski definition) is 2. The van der Waals surface area contributed by atoms with E-state index < -0.39 is 17.7 Å². The molecule has 0 saturated carbocycles. The van der Waals surface area contributed by atoms with E-state index in [1.165, 1.54) is 12.1 Å². The molecule has 1 aromatic carbocycles. The Hall–Kier alpha value is -1.39. The predicted octanol–water partition coefficient (Wildman–Crippen LogP) is 3.49. The zero-order chi connectivity index (χ0) is 12.4. The summed E-state index contributed by atoms with van der Waals surface area (Å²) in [5.74, 6) is -0.896. The van der Waals surface area contributed by atoms with Crippen LogP contribution in [-0.4, -0.2) is 5.11 Å². The molecule has 5 heteroatoms. The molecule has 0 aliphatic rings. The molecule has 90 valence electrons. The number of hydrogen-bond donors (Lipinski definition) is 1. The summed E-state index contributed by atoms with van der Waals surface area (Å²) in [7, 11) is 0. The molecule has 1 unspecified atom stereocenters. The second kappa shape index (κ2) is 4.85. The zero-order valence-electron chi connectivity index (χ0n) is 8.66. The summed E-state index contributed by atoms with van der Waals surface area (Å²) < 4.78 is 31.2. The Kier molecular flexibility index (Phi) is 3.45. The van der Waals surface area contributed by atoms with Crippen molar-refractivity contribution < 1.29 is 18.3 Å². The van der Waals surface area contributed by atoms with Crippen LogP contribution in [0.25, 0.3) is 0 Å². The van der Waals surface area contributed by atoms with E-state index in [-0.39, 0.29) is 23.0 Å². The van der Waals surface area contributed by atoms with Gasteiger partial charge in [0.15, 0.2) is 5.22 Å². The molecular formula is C12H9ClF2O2. The Morgan fingerprint density at radius 1 is 1.24 bits per heavy atom. The smallest absolute Gasteiger partial charge is 0.193 e. The van der Waals surface area contributed by atoms with Gasteiger partial charge in [-0.2, -0.15) is 0 Å². The Labute approximate surface area is 101 Å². The molecule has 0 radical (unpaired) electrons. The maximum atomic E-state index is 13.3. The molecule has 2 aromatic rings. The van der Waals surface area contributed by atoms with Crippen LogP contribution in [0.4, 0.5) is 8.78 Å². The molecular weight excluding hydrogens is 250 g/mol. The number of rotatable bonds is 3. The van der Waals surface area contributed by atoms with Crippen LogP contribution in [0.15, 0.2) is 34.7 Å². The summed E-state index contributed by atoms with van der Waals surface area (Å²) in [6.45, 7) is 0. The first-order valence-corrected chi connectivity index (χ1v) is 5.31. The van der Waals surface area contributed by atoms with Gasteiger partial charge in [-0.15, -0.1) is 0 Å². The maximum Gasteiger partial charge on any atom is 0.193 e. The van der Waals surface area contributed by atoms with E-state index in [4.69, 9.17) is 16.0 Å². The minimum absolute atomic E-state index is 0.0760. The Balaban J connectivity index is 2.18. The summed E-state index contributed by atoms with van der Waals surface area (Å²) in [5, 5.41) is 9.90. The molecule has 0 saturated heterocycles. The zero-order valence-corrected chi connectivity index (χ0v) is 9.42. The second-order valence-corrected chi connectivity index (χ2v) is 3.97. The van der Waals surface area contributed by atoms with Crippen molar-refractivity contribution in [2.75, 3.05) is 0 Å². The van der Waals surface area contributed by atoms with Crippen molar-refractivity contribution in [3.8, 4) is 0 Å². The molecule has 2 nitrogen and oxygen atoms in total. The fourth-order valence-corrected chi connectivity index (χ4v) is 1.67. The summed E-state index contributed by atoms with van der Waals surface area (Å²) >= 11 is 5.55. The van der Waals surface area contributed by atoms with Gasteiger partial charge in [0.25, 0.3) is 0 Å². The number of halogens is 3. The first-order valence-electron chi connectivity index (χ1n) is 4.93. The quantitative estimate of drug-likeness (QED) is 0.914. The normalized spacial score (nSPS) is 12.7. The lowest BCUT2D eigenvalue weighted by atomic mass is 10.1. The summed E-state index contributed by atoms with van der Waals surface area (Å²) in [6, 6.07) is 6.05. The van der Waals surface area contributed by atoms with Crippen molar-refractivity contribution in [2.45, 2.75) is 12.5 Å². The van der Waals surface area contributed by atoms with Crippen LogP contribution >= 0.6 is 11.6 Å². The van der Waals surface area contributed by atoms with E-state index >= 15 is 0 Å². The summed E-state index contributed by atoms with van der Waals surface area (Å²) in [4.78, 5) is 0. The largest absolute Gasteiger partial charge is 0.447 e.